The molecule has 1 heterocycles. The highest BCUT2D eigenvalue weighted by Crippen LogP contribution is 2.26. The number of nitrogen functional groups attached to an aromatic ring is 1. The molecule has 0 radical (unpaired) electrons. The SMILES string of the molecule is CC(=O)c1cccc(NC(=O)[C@H](C)Sc2nnc(-c3ccc(Cl)cc3)n2N)c1. The van der Waals surface area contributed by atoms with E-state index in [1.54, 1.807) is 55.5 Å². The minimum Gasteiger partial charge on any atom is -0.335 e. The molecule has 3 N–H and O–H groups in total. The first-order chi connectivity index (χ1) is 13.3. The minimum absolute atomic E-state index is 0.0653. The maximum Gasteiger partial charge on any atom is 0.237 e. The summed E-state index contributed by atoms with van der Waals surface area (Å²) in [5, 5.41) is 11.5. The van der Waals surface area contributed by atoms with Gasteiger partial charge in [0, 0.05) is 21.8 Å². The lowest BCUT2D eigenvalue weighted by molar-refractivity contribution is -0.115. The molecule has 0 aliphatic rings. The molecule has 0 saturated heterocycles. The normalized spacial score (nSPS) is 11.8. The highest BCUT2D eigenvalue weighted by atomic mass is 35.5. The van der Waals surface area contributed by atoms with Gasteiger partial charge in [-0.3, -0.25) is 9.59 Å². The lowest BCUT2D eigenvalue weighted by Crippen LogP contribution is -2.23. The molecule has 2 aromatic carbocycles. The molecule has 0 fully saturated rings. The molecular weight excluding hydrogens is 398 g/mol. The van der Waals surface area contributed by atoms with Gasteiger partial charge < -0.3 is 11.2 Å². The molecule has 0 aliphatic heterocycles. The number of benzene rings is 2. The Bertz CT molecular complexity index is 1020. The van der Waals surface area contributed by atoms with Crippen molar-refractivity contribution in [2.45, 2.75) is 24.3 Å². The van der Waals surface area contributed by atoms with Gasteiger partial charge in [0.25, 0.3) is 0 Å². The van der Waals surface area contributed by atoms with Crippen molar-refractivity contribution in [3.8, 4) is 11.4 Å². The number of nitrogens with zero attached hydrogens (tertiary/aromatic N) is 3. The molecule has 144 valence electrons. The van der Waals surface area contributed by atoms with Crippen molar-refractivity contribution in [3.05, 3.63) is 59.1 Å². The van der Waals surface area contributed by atoms with Crippen LogP contribution < -0.4 is 11.2 Å². The summed E-state index contributed by atoms with van der Waals surface area (Å²) < 4.78 is 1.34. The molecule has 0 unspecified atom stereocenters. The standard InChI is InChI=1S/C19H18ClN5O2S/c1-11(26)14-4-3-5-16(10-14)22-18(27)12(2)28-19-24-23-17(25(19)21)13-6-8-15(20)9-7-13/h3-10,12H,21H2,1-2H3,(H,22,27)/t12-/m0/s1. The number of Topliss-reactive ketones (excluding diaryl/α,β-unsaturated/α-hetero) is 1. The van der Waals surface area contributed by atoms with Crippen LogP contribution in [0.3, 0.4) is 0 Å². The second-order valence-electron chi connectivity index (χ2n) is 6.07. The Morgan fingerprint density at radius 2 is 1.89 bits per heavy atom. The van der Waals surface area contributed by atoms with Crippen LogP contribution in [0.15, 0.2) is 53.7 Å². The van der Waals surface area contributed by atoms with E-state index in [-0.39, 0.29) is 11.7 Å². The predicted octanol–water partition coefficient (Wildman–Crippen LogP) is 3.63. The lowest BCUT2D eigenvalue weighted by Gasteiger charge is -2.12. The third-order valence-electron chi connectivity index (χ3n) is 3.96. The summed E-state index contributed by atoms with van der Waals surface area (Å²) >= 11 is 7.09. The topological polar surface area (TPSA) is 103 Å². The maximum atomic E-state index is 12.5. The molecule has 0 saturated carbocycles. The van der Waals surface area contributed by atoms with Gasteiger partial charge in [0.05, 0.1) is 5.25 Å². The van der Waals surface area contributed by atoms with Crippen LogP contribution in [0.2, 0.25) is 5.02 Å². The Labute approximate surface area is 171 Å². The zero-order valence-corrected chi connectivity index (χ0v) is 16.8. The quantitative estimate of drug-likeness (QED) is 0.362. The summed E-state index contributed by atoms with van der Waals surface area (Å²) in [5.41, 5.74) is 1.86. The molecule has 0 bridgehead atoms. The van der Waals surface area contributed by atoms with Gasteiger partial charge in [0.15, 0.2) is 11.6 Å². The molecule has 9 heteroatoms. The first kappa shape index (κ1) is 19.9. The number of aromatic nitrogens is 3. The van der Waals surface area contributed by atoms with Gasteiger partial charge in [-0.25, -0.2) is 4.68 Å². The van der Waals surface area contributed by atoms with Crippen LogP contribution in [-0.4, -0.2) is 31.8 Å². The van der Waals surface area contributed by atoms with E-state index in [9.17, 15) is 9.59 Å². The van der Waals surface area contributed by atoms with Crippen LogP contribution in [0.1, 0.15) is 24.2 Å². The fourth-order valence-electron chi connectivity index (χ4n) is 2.42. The second kappa shape index (κ2) is 8.45. The number of thioether (sulfide) groups is 1. The molecule has 0 spiro atoms. The average Bonchev–Trinajstić information content (AvgIpc) is 3.03. The van der Waals surface area contributed by atoms with Gasteiger partial charge in [-0.15, -0.1) is 10.2 Å². The predicted molar refractivity (Wildman–Crippen MR) is 111 cm³/mol. The third-order valence-corrected chi connectivity index (χ3v) is 5.26. The summed E-state index contributed by atoms with van der Waals surface area (Å²) in [7, 11) is 0. The van der Waals surface area contributed by atoms with E-state index < -0.39 is 5.25 Å². The third kappa shape index (κ3) is 4.52. The van der Waals surface area contributed by atoms with E-state index in [1.165, 1.54) is 23.4 Å². The van der Waals surface area contributed by atoms with E-state index in [2.05, 4.69) is 15.5 Å². The Balaban J connectivity index is 1.70. The van der Waals surface area contributed by atoms with Crippen LogP contribution in [0.4, 0.5) is 5.69 Å². The van der Waals surface area contributed by atoms with E-state index in [4.69, 9.17) is 17.4 Å². The van der Waals surface area contributed by atoms with Crippen molar-refractivity contribution in [1.82, 2.24) is 14.9 Å². The number of nitrogens with one attached hydrogen (secondary N) is 1. The largest absolute Gasteiger partial charge is 0.335 e. The average molecular weight is 416 g/mol. The number of carbonyl (C=O) groups excluding carboxylic acids is 2. The van der Waals surface area contributed by atoms with Crippen molar-refractivity contribution in [3.63, 3.8) is 0 Å². The van der Waals surface area contributed by atoms with Crippen LogP contribution in [0, 0.1) is 0 Å². The highest BCUT2D eigenvalue weighted by molar-refractivity contribution is 8.00. The van der Waals surface area contributed by atoms with Crippen molar-refractivity contribution in [2.24, 2.45) is 0 Å². The summed E-state index contributed by atoms with van der Waals surface area (Å²) in [4.78, 5) is 24.0. The van der Waals surface area contributed by atoms with Gasteiger partial charge in [0.2, 0.25) is 11.1 Å². The lowest BCUT2D eigenvalue weighted by atomic mass is 10.1. The zero-order valence-electron chi connectivity index (χ0n) is 15.2. The first-order valence-electron chi connectivity index (χ1n) is 8.40. The molecule has 1 aromatic heterocycles. The molecule has 7 nitrogen and oxygen atoms in total. The number of hydrogen-bond acceptors (Lipinski definition) is 6. The maximum absolute atomic E-state index is 12.5. The monoisotopic (exact) mass is 415 g/mol. The van der Waals surface area contributed by atoms with Crippen LogP contribution in [-0.2, 0) is 4.79 Å². The number of rotatable bonds is 6. The Morgan fingerprint density at radius 1 is 1.18 bits per heavy atom. The van der Waals surface area contributed by atoms with Crippen molar-refractivity contribution in [2.75, 3.05) is 11.2 Å². The van der Waals surface area contributed by atoms with E-state index >= 15 is 0 Å². The number of nitrogens with two attached hydrogens (primary N) is 1. The Kier molecular flexibility index (Phi) is 6.01. The number of halogens is 1. The Hall–Kier alpha value is -2.84. The molecule has 1 amide bonds. The summed E-state index contributed by atoms with van der Waals surface area (Å²) in [6.45, 7) is 3.22. The van der Waals surface area contributed by atoms with Crippen molar-refractivity contribution < 1.29 is 9.59 Å². The second-order valence-corrected chi connectivity index (χ2v) is 7.81. The van der Waals surface area contributed by atoms with Crippen LogP contribution >= 0.6 is 23.4 Å². The minimum atomic E-state index is -0.481. The highest BCUT2D eigenvalue weighted by Gasteiger charge is 2.20. The number of carbonyl (C=O) groups is 2. The smallest absolute Gasteiger partial charge is 0.237 e. The van der Waals surface area contributed by atoms with Gasteiger partial charge >= 0.3 is 0 Å². The zero-order chi connectivity index (χ0) is 20.3. The van der Waals surface area contributed by atoms with Gasteiger partial charge in [-0.2, -0.15) is 0 Å². The first-order valence-corrected chi connectivity index (χ1v) is 9.66. The van der Waals surface area contributed by atoms with E-state index in [0.717, 1.165) is 5.56 Å². The summed E-state index contributed by atoms with van der Waals surface area (Å²) in [6.07, 6.45) is 0. The van der Waals surface area contributed by atoms with Gasteiger partial charge in [0.1, 0.15) is 0 Å². The Morgan fingerprint density at radius 3 is 2.57 bits per heavy atom. The van der Waals surface area contributed by atoms with E-state index in [0.29, 0.717) is 27.3 Å². The molecular formula is C19H18ClN5O2S. The molecule has 1 atom stereocenters. The fourth-order valence-corrected chi connectivity index (χ4v) is 3.32. The number of hydrogen-bond donors (Lipinski definition) is 2. The van der Waals surface area contributed by atoms with Gasteiger partial charge in [-0.05, 0) is 50.2 Å². The fraction of sp³-hybridized carbons (Fsp3) is 0.158. The van der Waals surface area contributed by atoms with Crippen molar-refractivity contribution in [1.29, 1.82) is 0 Å². The molecule has 3 rings (SSSR count). The number of amides is 1. The molecule has 0 aliphatic carbocycles. The van der Waals surface area contributed by atoms with Gasteiger partial charge in [-0.1, -0.05) is 35.5 Å². The summed E-state index contributed by atoms with van der Waals surface area (Å²) in [5.74, 6) is 6.27. The number of ketones is 1. The molecule has 28 heavy (non-hydrogen) atoms. The number of anilines is 1. The van der Waals surface area contributed by atoms with Crippen LogP contribution in [0.25, 0.3) is 11.4 Å². The van der Waals surface area contributed by atoms with E-state index in [1.807, 2.05) is 0 Å². The molecule has 3 aromatic rings. The van der Waals surface area contributed by atoms with Crippen LogP contribution in [0.5, 0.6) is 0 Å². The summed E-state index contributed by atoms with van der Waals surface area (Å²) in [6, 6.07) is 13.9. The van der Waals surface area contributed by atoms with Crippen molar-refractivity contribution >= 4 is 40.7 Å².